The number of hydrogen-bond donors (Lipinski definition) is 1. The first-order valence-corrected chi connectivity index (χ1v) is 10.5. The smallest absolute Gasteiger partial charge is 0.406 e. The van der Waals surface area contributed by atoms with E-state index in [2.05, 4.69) is 15.0 Å². The van der Waals surface area contributed by atoms with E-state index in [1.165, 1.54) is 12.1 Å². The number of hydrogen-bond acceptors (Lipinski definition) is 3. The summed E-state index contributed by atoms with van der Waals surface area (Å²) in [5.41, 5.74) is 1.44. The Hall–Kier alpha value is -2.16. The van der Waals surface area contributed by atoms with E-state index in [4.69, 9.17) is 23.2 Å². The van der Waals surface area contributed by atoms with Crippen molar-refractivity contribution in [2.45, 2.75) is 32.3 Å². The van der Waals surface area contributed by atoms with Crippen molar-refractivity contribution in [3.63, 3.8) is 0 Å². The number of rotatable bonds is 6. The van der Waals surface area contributed by atoms with Gasteiger partial charge in [-0.15, -0.1) is 13.2 Å². The fraction of sp³-hybridized carbons (Fsp3) is 0.381. The summed E-state index contributed by atoms with van der Waals surface area (Å²) in [6, 6.07) is 10.3. The van der Waals surface area contributed by atoms with E-state index in [1.54, 1.807) is 11.0 Å². The number of amides is 2. The third-order valence-electron chi connectivity index (χ3n) is 5.02. The van der Waals surface area contributed by atoms with Crippen molar-refractivity contribution >= 4 is 34.9 Å². The van der Waals surface area contributed by atoms with Crippen molar-refractivity contribution in [3.05, 3.63) is 58.1 Å². The average molecular weight is 476 g/mol. The maximum atomic E-state index is 12.7. The molecule has 2 amide bonds. The Morgan fingerprint density at radius 2 is 1.90 bits per heavy atom. The monoisotopic (exact) mass is 475 g/mol. The lowest BCUT2D eigenvalue weighted by molar-refractivity contribution is -0.274. The van der Waals surface area contributed by atoms with E-state index in [0.717, 1.165) is 30.7 Å². The highest BCUT2D eigenvalue weighted by Gasteiger charge is 2.31. The summed E-state index contributed by atoms with van der Waals surface area (Å²) in [6.07, 6.45) is -3.93. The number of halogens is 5. The van der Waals surface area contributed by atoms with E-state index in [9.17, 15) is 18.0 Å². The number of ether oxygens (including phenoxy) is 1. The molecule has 168 valence electrons. The van der Waals surface area contributed by atoms with Gasteiger partial charge in [-0.1, -0.05) is 29.3 Å². The van der Waals surface area contributed by atoms with Crippen molar-refractivity contribution in [2.24, 2.45) is 0 Å². The van der Waals surface area contributed by atoms with Crippen LogP contribution in [0.15, 0.2) is 42.5 Å². The lowest BCUT2D eigenvalue weighted by Crippen LogP contribution is -2.44. The second-order valence-corrected chi connectivity index (χ2v) is 8.03. The van der Waals surface area contributed by atoms with Gasteiger partial charge >= 0.3 is 12.4 Å². The first-order chi connectivity index (χ1) is 14.6. The first-order valence-electron chi connectivity index (χ1n) is 9.74. The highest BCUT2D eigenvalue weighted by Crippen LogP contribution is 2.26. The molecule has 1 unspecified atom stereocenters. The van der Waals surface area contributed by atoms with Gasteiger partial charge in [0.25, 0.3) is 0 Å². The molecule has 0 saturated carbocycles. The minimum absolute atomic E-state index is 0.0283. The molecule has 0 aromatic heterocycles. The van der Waals surface area contributed by atoms with E-state index in [1.807, 2.05) is 19.1 Å². The molecule has 5 nitrogen and oxygen atoms in total. The maximum Gasteiger partial charge on any atom is 0.573 e. The molecule has 0 spiro atoms. The summed E-state index contributed by atoms with van der Waals surface area (Å²) in [4.78, 5) is 16.7. The normalized spacial score (nSPS) is 16.9. The third kappa shape index (κ3) is 6.66. The fourth-order valence-corrected chi connectivity index (χ4v) is 3.93. The Morgan fingerprint density at radius 1 is 1.19 bits per heavy atom. The lowest BCUT2D eigenvalue weighted by Gasteiger charge is -2.28. The van der Waals surface area contributed by atoms with Crippen LogP contribution >= 0.6 is 23.2 Å². The van der Waals surface area contributed by atoms with Crippen LogP contribution in [0, 0.1) is 0 Å². The Morgan fingerprint density at radius 3 is 2.52 bits per heavy atom. The van der Waals surface area contributed by atoms with Gasteiger partial charge in [-0.05, 0) is 55.3 Å². The predicted molar refractivity (Wildman–Crippen MR) is 115 cm³/mol. The van der Waals surface area contributed by atoms with Gasteiger partial charge in [0.05, 0.1) is 10.0 Å². The summed E-state index contributed by atoms with van der Waals surface area (Å²) >= 11 is 12.1. The summed E-state index contributed by atoms with van der Waals surface area (Å²) in [6.45, 7) is 4.64. The van der Waals surface area contributed by atoms with Crippen LogP contribution in [-0.2, 0) is 6.54 Å². The molecule has 1 N–H and O–H groups in total. The van der Waals surface area contributed by atoms with Crippen LogP contribution < -0.4 is 10.1 Å². The van der Waals surface area contributed by atoms with Gasteiger partial charge in [-0.25, -0.2) is 4.79 Å². The number of nitrogens with zero attached hydrogens (tertiary/aromatic N) is 2. The van der Waals surface area contributed by atoms with Crippen molar-refractivity contribution in [1.82, 2.24) is 9.80 Å². The molecular formula is C21H22Cl2F3N3O2. The van der Waals surface area contributed by atoms with Gasteiger partial charge in [0.2, 0.25) is 0 Å². The molecule has 1 atom stereocenters. The number of likely N-dealkylation sites (N-methyl/N-ethyl adjacent to an activating group) is 1. The molecule has 2 aromatic carbocycles. The quantitative estimate of drug-likeness (QED) is 0.555. The molecule has 0 aliphatic carbocycles. The van der Waals surface area contributed by atoms with Crippen LogP contribution in [0.2, 0.25) is 10.0 Å². The molecule has 2 aromatic rings. The zero-order chi connectivity index (χ0) is 22.6. The molecule has 1 saturated heterocycles. The summed E-state index contributed by atoms with van der Waals surface area (Å²) < 4.78 is 40.6. The lowest BCUT2D eigenvalue weighted by atomic mass is 10.2. The zero-order valence-electron chi connectivity index (χ0n) is 16.8. The third-order valence-corrected chi connectivity index (χ3v) is 5.76. The number of urea groups is 1. The van der Waals surface area contributed by atoms with Gasteiger partial charge in [0.1, 0.15) is 5.75 Å². The minimum Gasteiger partial charge on any atom is -0.406 e. The zero-order valence-corrected chi connectivity index (χ0v) is 18.3. The minimum atomic E-state index is -4.75. The molecule has 10 heteroatoms. The topological polar surface area (TPSA) is 44.8 Å². The molecule has 1 aliphatic heterocycles. The number of benzene rings is 2. The molecule has 1 heterocycles. The molecule has 0 bridgehead atoms. The summed E-state index contributed by atoms with van der Waals surface area (Å²) in [5, 5.41) is 3.76. The fourth-order valence-electron chi connectivity index (χ4n) is 3.61. The van der Waals surface area contributed by atoms with Crippen LogP contribution in [0.1, 0.15) is 18.9 Å². The Kier molecular flexibility index (Phi) is 7.56. The molecule has 1 aliphatic rings. The van der Waals surface area contributed by atoms with Crippen molar-refractivity contribution < 1.29 is 22.7 Å². The molecule has 0 radical (unpaired) electrons. The Bertz CT molecular complexity index is 910. The highest BCUT2D eigenvalue weighted by molar-refractivity contribution is 6.42. The molecule has 31 heavy (non-hydrogen) atoms. The van der Waals surface area contributed by atoms with Crippen LogP contribution in [0.4, 0.5) is 23.7 Å². The number of alkyl halides is 3. The SMILES string of the molecule is CCN(C(=O)Nc1ccc(OC(F)(F)F)cc1)C1CCN(Cc2ccc(Cl)c(Cl)c2)C1. The second kappa shape index (κ2) is 9.97. The van der Waals surface area contributed by atoms with Gasteiger partial charge in [0.15, 0.2) is 0 Å². The maximum absolute atomic E-state index is 12.7. The van der Waals surface area contributed by atoms with Crippen LogP contribution in [0.5, 0.6) is 5.75 Å². The van der Waals surface area contributed by atoms with Crippen molar-refractivity contribution in [1.29, 1.82) is 0 Å². The van der Waals surface area contributed by atoms with Crippen molar-refractivity contribution in [3.8, 4) is 5.75 Å². The number of carbonyl (C=O) groups excluding carboxylic acids is 1. The number of anilines is 1. The number of carbonyl (C=O) groups is 1. The largest absolute Gasteiger partial charge is 0.573 e. The second-order valence-electron chi connectivity index (χ2n) is 7.21. The van der Waals surface area contributed by atoms with E-state index < -0.39 is 6.36 Å². The van der Waals surface area contributed by atoms with E-state index in [0.29, 0.717) is 35.4 Å². The van der Waals surface area contributed by atoms with Gasteiger partial charge in [-0.3, -0.25) is 4.90 Å². The Labute approximate surface area is 188 Å². The van der Waals surface area contributed by atoms with E-state index >= 15 is 0 Å². The van der Waals surface area contributed by atoms with E-state index in [-0.39, 0.29) is 17.8 Å². The average Bonchev–Trinajstić information content (AvgIpc) is 3.14. The molecular weight excluding hydrogens is 454 g/mol. The summed E-state index contributed by atoms with van der Waals surface area (Å²) in [7, 11) is 0. The van der Waals surface area contributed by atoms with Crippen LogP contribution in [0.25, 0.3) is 0 Å². The van der Waals surface area contributed by atoms with Gasteiger partial charge < -0.3 is 15.0 Å². The highest BCUT2D eigenvalue weighted by atomic mass is 35.5. The summed E-state index contributed by atoms with van der Waals surface area (Å²) in [5.74, 6) is -0.341. The predicted octanol–water partition coefficient (Wildman–Crippen LogP) is 6.02. The van der Waals surface area contributed by atoms with Crippen molar-refractivity contribution in [2.75, 3.05) is 25.0 Å². The number of likely N-dealkylation sites (tertiary alicyclic amines) is 1. The Balaban J connectivity index is 1.56. The molecule has 3 rings (SSSR count). The first kappa shape index (κ1) is 23.5. The molecule has 1 fully saturated rings. The van der Waals surface area contributed by atoms with Crippen LogP contribution in [-0.4, -0.2) is 47.9 Å². The van der Waals surface area contributed by atoms with Gasteiger partial charge in [-0.2, -0.15) is 0 Å². The van der Waals surface area contributed by atoms with Crippen LogP contribution in [0.3, 0.4) is 0 Å². The standard InChI is InChI=1S/C21H22Cl2F3N3O2/c1-2-29(20(30)27-15-4-6-17(7-5-15)31-21(24,25)26)16-9-10-28(13-16)12-14-3-8-18(22)19(23)11-14/h3-8,11,16H,2,9-10,12-13H2,1H3,(H,27,30). The number of nitrogens with one attached hydrogen (secondary N) is 1. The van der Waals surface area contributed by atoms with Gasteiger partial charge in [0, 0.05) is 37.9 Å².